The molecule has 0 saturated carbocycles. The van der Waals surface area contributed by atoms with Crippen LogP contribution in [0.2, 0.25) is 0 Å². The van der Waals surface area contributed by atoms with Crippen LogP contribution in [0.1, 0.15) is 23.0 Å². The number of anilines is 1. The van der Waals surface area contributed by atoms with Crippen LogP contribution in [0.25, 0.3) is 17.1 Å². The molecule has 2 heterocycles. The van der Waals surface area contributed by atoms with Gasteiger partial charge in [0.2, 0.25) is 11.6 Å². The summed E-state index contributed by atoms with van der Waals surface area (Å²) >= 11 is 0. The fourth-order valence-electron chi connectivity index (χ4n) is 3.09. The van der Waals surface area contributed by atoms with Crippen molar-refractivity contribution in [1.82, 2.24) is 30.7 Å². The summed E-state index contributed by atoms with van der Waals surface area (Å²) in [7, 11) is 1.45. The molecule has 2 aromatic heterocycles. The number of nitrogen functional groups attached to an aromatic ring is 1. The molecule has 0 radical (unpaired) electrons. The normalized spacial score (nSPS) is 11.0. The Bertz CT molecular complexity index is 1350. The number of hydrogen-bond acceptors (Lipinski definition) is 11. The third kappa shape index (κ3) is 4.48. The van der Waals surface area contributed by atoms with Crippen molar-refractivity contribution >= 4 is 17.9 Å². The summed E-state index contributed by atoms with van der Waals surface area (Å²) in [5, 5.41) is 29.1. The molecule has 4 aromatic rings. The Morgan fingerprint density at radius 3 is 2.85 bits per heavy atom. The second-order valence-corrected chi connectivity index (χ2v) is 6.76. The first kappa shape index (κ1) is 22.3. The van der Waals surface area contributed by atoms with E-state index in [1.807, 2.05) is 6.92 Å². The molecule has 2 aromatic carbocycles. The molecular formula is C21H20N8O5. The molecular weight excluding hydrogens is 444 g/mol. The number of phenolic OH excluding ortho intramolecular Hbond substituents is 1. The van der Waals surface area contributed by atoms with Crippen LogP contribution in [0.3, 0.4) is 0 Å². The van der Waals surface area contributed by atoms with E-state index in [9.17, 15) is 9.90 Å². The van der Waals surface area contributed by atoms with E-state index >= 15 is 0 Å². The molecule has 0 aliphatic rings. The minimum absolute atomic E-state index is 0.0311. The Hall–Kier alpha value is -4.94. The maximum absolute atomic E-state index is 12.9. The van der Waals surface area contributed by atoms with Crippen LogP contribution in [0.5, 0.6) is 17.2 Å². The highest BCUT2D eigenvalue weighted by molar-refractivity contribution is 5.99. The van der Waals surface area contributed by atoms with Crippen molar-refractivity contribution in [2.24, 2.45) is 5.10 Å². The Kier molecular flexibility index (Phi) is 6.34. The molecule has 13 heteroatoms. The Morgan fingerprint density at radius 1 is 1.29 bits per heavy atom. The number of rotatable bonds is 8. The highest BCUT2D eigenvalue weighted by Crippen LogP contribution is 2.29. The number of hydrazone groups is 1. The first-order valence-electron chi connectivity index (χ1n) is 9.99. The van der Waals surface area contributed by atoms with Crippen molar-refractivity contribution in [2.75, 3.05) is 19.5 Å². The number of nitrogens with one attached hydrogen (secondary N) is 1. The van der Waals surface area contributed by atoms with Crippen molar-refractivity contribution in [3.63, 3.8) is 0 Å². The molecule has 0 aliphatic heterocycles. The largest absolute Gasteiger partial charge is 0.504 e. The number of hydrogen-bond donors (Lipinski definition) is 3. The van der Waals surface area contributed by atoms with Crippen LogP contribution in [0, 0.1) is 0 Å². The molecule has 0 saturated heterocycles. The number of carbonyl (C=O) groups excluding carboxylic acids is 1. The summed E-state index contributed by atoms with van der Waals surface area (Å²) in [5.41, 5.74) is 9.55. The van der Waals surface area contributed by atoms with Crippen molar-refractivity contribution < 1.29 is 24.0 Å². The minimum atomic E-state index is -0.646. The number of nitrogens with two attached hydrogens (primary N) is 1. The lowest BCUT2D eigenvalue weighted by Gasteiger charge is -2.08. The molecule has 1 amide bonds. The van der Waals surface area contributed by atoms with E-state index in [4.69, 9.17) is 15.2 Å². The third-order valence-corrected chi connectivity index (χ3v) is 4.58. The number of benzene rings is 2. The lowest BCUT2D eigenvalue weighted by atomic mass is 10.1. The van der Waals surface area contributed by atoms with Gasteiger partial charge in [-0.05, 0) is 53.1 Å². The van der Waals surface area contributed by atoms with Crippen LogP contribution >= 0.6 is 0 Å². The molecule has 4 N–H and O–H groups in total. The third-order valence-electron chi connectivity index (χ3n) is 4.58. The van der Waals surface area contributed by atoms with Gasteiger partial charge < -0.3 is 20.3 Å². The fraction of sp³-hybridized carbons (Fsp3) is 0.143. The molecule has 0 aliphatic carbocycles. The summed E-state index contributed by atoms with van der Waals surface area (Å²) in [6, 6.07) is 11.7. The van der Waals surface area contributed by atoms with Gasteiger partial charge in [0, 0.05) is 5.56 Å². The van der Waals surface area contributed by atoms with Gasteiger partial charge in [-0.15, -0.1) is 5.10 Å². The molecule has 13 nitrogen and oxygen atoms in total. The quantitative estimate of drug-likeness (QED) is 0.257. The molecule has 0 atom stereocenters. The monoisotopic (exact) mass is 464 g/mol. The molecule has 174 valence electrons. The van der Waals surface area contributed by atoms with Crippen LogP contribution in [0.15, 0.2) is 52.2 Å². The van der Waals surface area contributed by atoms with Crippen LogP contribution in [-0.2, 0) is 0 Å². The number of carbonyl (C=O) groups is 1. The molecule has 4 rings (SSSR count). The molecule has 34 heavy (non-hydrogen) atoms. The molecule has 0 spiro atoms. The highest BCUT2D eigenvalue weighted by atomic mass is 16.6. The van der Waals surface area contributed by atoms with Gasteiger partial charge >= 0.3 is 0 Å². The predicted octanol–water partition coefficient (Wildman–Crippen LogP) is 1.78. The average molecular weight is 464 g/mol. The van der Waals surface area contributed by atoms with Gasteiger partial charge in [-0.2, -0.15) is 9.78 Å². The van der Waals surface area contributed by atoms with Gasteiger partial charge in [-0.25, -0.2) is 10.1 Å². The van der Waals surface area contributed by atoms with Crippen molar-refractivity contribution in [3.8, 4) is 34.3 Å². The van der Waals surface area contributed by atoms with E-state index in [0.29, 0.717) is 29.2 Å². The predicted molar refractivity (Wildman–Crippen MR) is 120 cm³/mol. The fourth-order valence-corrected chi connectivity index (χ4v) is 3.09. The zero-order valence-electron chi connectivity index (χ0n) is 18.2. The molecule has 0 fully saturated rings. The van der Waals surface area contributed by atoms with Crippen LogP contribution in [-0.4, -0.2) is 56.3 Å². The van der Waals surface area contributed by atoms with E-state index in [1.165, 1.54) is 24.1 Å². The number of aromatic hydroxyl groups is 1. The summed E-state index contributed by atoms with van der Waals surface area (Å²) in [4.78, 5) is 12.9. The van der Waals surface area contributed by atoms with Gasteiger partial charge in [0.15, 0.2) is 17.2 Å². The van der Waals surface area contributed by atoms with E-state index in [2.05, 4.69) is 35.8 Å². The number of phenols is 1. The van der Waals surface area contributed by atoms with E-state index < -0.39 is 5.91 Å². The number of nitrogens with zero attached hydrogens (tertiary/aromatic N) is 6. The first-order chi connectivity index (χ1) is 16.5. The van der Waals surface area contributed by atoms with E-state index in [1.54, 1.807) is 36.4 Å². The lowest BCUT2D eigenvalue weighted by Crippen LogP contribution is -2.19. The van der Waals surface area contributed by atoms with Crippen molar-refractivity contribution in [1.29, 1.82) is 0 Å². The second-order valence-electron chi connectivity index (χ2n) is 6.76. The Labute approximate surface area is 192 Å². The summed E-state index contributed by atoms with van der Waals surface area (Å²) in [5.74, 6) is 0.237. The first-order valence-corrected chi connectivity index (χ1v) is 9.99. The lowest BCUT2D eigenvalue weighted by molar-refractivity contribution is 0.0950. The van der Waals surface area contributed by atoms with Crippen LogP contribution in [0.4, 0.5) is 5.82 Å². The maximum Gasteiger partial charge on any atom is 0.294 e. The van der Waals surface area contributed by atoms with Gasteiger partial charge in [0.1, 0.15) is 11.4 Å². The zero-order valence-corrected chi connectivity index (χ0v) is 18.2. The molecule has 0 bridgehead atoms. The number of aromatic nitrogens is 5. The number of methoxy groups -OCH3 is 1. The van der Waals surface area contributed by atoms with Gasteiger partial charge in [-0.3, -0.25) is 4.79 Å². The highest BCUT2D eigenvalue weighted by Gasteiger charge is 2.25. The Balaban J connectivity index is 1.67. The van der Waals surface area contributed by atoms with Crippen molar-refractivity contribution in [3.05, 3.63) is 53.7 Å². The second kappa shape index (κ2) is 9.68. The standard InChI is InChI=1S/C21H20N8O5/c1-3-33-14-6-4-5-13(10-14)18-17(24-28-29(18)20-19(22)26-34-27-20)21(31)25-23-11-12-7-8-16(32-2)15(30)9-12/h4-11,30H,3H2,1-2H3,(H2,22,26)(H,25,31). The summed E-state index contributed by atoms with van der Waals surface area (Å²) in [6.07, 6.45) is 1.36. The van der Waals surface area contributed by atoms with Gasteiger partial charge in [-0.1, -0.05) is 17.3 Å². The smallest absolute Gasteiger partial charge is 0.294 e. The molecule has 0 unspecified atom stereocenters. The summed E-state index contributed by atoms with van der Waals surface area (Å²) < 4.78 is 16.5. The Morgan fingerprint density at radius 2 is 2.15 bits per heavy atom. The van der Waals surface area contributed by atoms with Gasteiger partial charge in [0.25, 0.3) is 5.91 Å². The van der Waals surface area contributed by atoms with Crippen LogP contribution < -0.4 is 20.6 Å². The van der Waals surface area contributed by atoms with Gasteiger partial charge in [0.05, 0.1) is 19.9 Å². The average Bonchev–Trinajstić information content (AvgIpc) is 3.45. The van der Waals surface area contributed by atoms with Crippen molar-refractivity contribution in [2.45, 2.75) is 6.92 Å². The summed E-state index contributed by atoms with van der Waals surface area (Å²) in [6.45, 7) is 2.32. The SMILES string of the molecule is CCOc1cccc(-c2c(C(=O)NN=Cc3ccc(OC)c(O)c3)nnn2-c2nonc2N)c1. The minimum Gasteiger partial charge on any atom is -0.504 e. The number of amides is 1. The maximum atomic E-state index is 12.9. The van der Waals surface area contributed by atoms with E-state index in [0.717, 1.165) is 0 Å². The zero-order chi connectivity index (χ0) is 24.1. The van der Waals surface area contributed by atoms with E-state index in [-0.39, 0.29) is 28.8 Å². The topological polar surface area (TPSA) is 176 Å². The number of ether oxygens (including phenoxy) is 2.